The van der Waals surface area contributed by atoms with Crippen molar-refractivity contribution >= 4 is 15.9 Å². The van der Waals surface area contributed by atoms with Crippen molar-refractivity contribution in [3.8, 4) is 28.7 Å². The Hall–Kier alpha value is -2.92. The molecule has 0 atom stereocenters. The van der Waals surface area contributed by atoms with Crippen molar-refractivity contribution in [2.75, 3.05) is 0 Å². The van der Waals surface area contributed by atoms with Crippen LogP contribution in [0, 0.1) is 0 Å². The third-order valence-electron chi connectivity index (χ3n) is 3.85. The van der Waals surface area contributed by atoms with Crippen molar-refractivity contribution in [2.45, 2.75) is 6.61 Å². The maximum Gasteiger partial charge on any atom is 0.248 e. The molecule has 0 unspecified atom stereocenters. The summed E-state index contributed by atoms with van der Waals surface area (Å²) in [4.78, 5) is 0. The molecule has 0 bridgehead atoms. The van der Waals surface area contributed by atoms with Crippen LogP contribution in [0.1, 0.15) is 5.56 Å². The van der Waals surface area contributed by atoms with Gasteiger partial charge in [-0.15, -0.1) is 10.2 Å². The lowest BCUT2D eigenvalue weighted by atomic mass is 10.1. The van der Waals surface area contributed by atoms with Gasteiger partial charge in [0.1, 0.15) is 12.4 Å². The average molecular weight is 407 g/mol. The van der Waals surface area contributed by atoms with Crippen LogP contribution in [-0.4, -0.2) is 10.2 Å². The molecule has 5 heteroatoms. The average Bonchev–Trinajstić information content (AvgIpc) is 3.19. The molecular weight excluding hydrogens is 392 g/mol. The van der Waals surface area contributed by atoms with E-state index in [1.165, 1.54) is 0 Å². The summed E-state index contributed by atoms with van der Waals surface area (Å²) in [5.74, 6) is 1.81. The molecule has 0 saturated heterocycles. The molecule has 4 nitrogen and oxygen atoms in total. The predicted molar refractivity (Wildman–Crippen MR) is 104 cm³/mol. The first-order valence-corrected chi connectivity index (χ1v) is 8.94. The summed E-state index contributed by atoms with van der Waals surface area (Å²) in [6.07, 6.45) is 0. The molecule has 0 aliphatic rings. The molecule has 0 amide bonds. The molecule has 0 N–H and O–H groups in total. The number of para-hydroxylation sites is 1. The van der Waals surface area contributed by atoms with Crippen molar-refractivity contribution in [3.63, 3.8) is 0 Å². The summed E-state index contributed by atoms with van der Waals surface area (Å²) in [5.41, 5.74) is 2.80. The third-order valence-corrected chi connectivity index (χ3v) is 4.51. The van der Waals surface area contributed by atoms with Crippen LogP contribution < -0.4 is 4.74 Å². The summed E-state index contributed by atoms with van der Waals surface area (Å²) in [6, 6.07) is 25.4. The molecule has 0 spiro atoms. The fourth-order valence-electron chi connectivity index (χ4n) is 2.55. The first-order chi connectivity index (χ1) is 12.8. The minimum Gasteiger partial charge on any atom is -0.488 e. The molecule has 26 heavy (non-hydrogen) atoms. The summed E-state index contributed by atoms with van der Waals surface area (Å²) in [5, 5.41) is 8.31. The van der Waals surface area contributed by atoms with E-state index in [1.807, 2.05) is 78.9 Å². The number of benzene rings is 3. The Kier molecular flexibility index (Phi) is 4.80. The van der Waals surface area contributed by atoms with Crippen molar-refractivity contribution in [3.05, 3.63) is 88.9 Å². The van der Waals surface area contributed by atoms with E-state index in [0.717, 1.165) is 26.9 Å². The first-order valence-electron chi connectivity index (χ1n) is 8.15. The van der Waals surface area contributed by atoms with Gasteiger partial charge < -0.3 is 9.15 Å². The Morgan fingerprint density at radius 1 is 0.769 bits per heavy atom. The van der Waals surface area contributed by atoms with E-state index in [4.69, 9.17) is 9.15 Å². The number of nitrogens with zero attached hydrogens (tertiary/aromatic N) is 2. The van der Waals surface area contributed by atoms with Gasteiger partial charge in [-0.1, -0.05) is 42.5 Å². The number of ether oxygens (including phenoxy) is 1. The topological polar surface area (TPSA) is 48.2 Å². The minimum atomic E-state index is 0.454. The molecule has 128 valence electrons. The summed E-state index contributed by atoms with van der Waals surface area (Å²) in [6.45, 7) is 0.454. The highest BCUT2D eigenvalue weighted by molar-refractivity contribution is 9.10. The fourth-order valence-corrected chi connectivity index (χ4v) is 2.95. The highest BCUT2D eigenvalue weighted by Gasteiger charge is 2.11. The van der Waals surface area contributed by atoms with Gasteiger partial charge in [0.25, 0.3) is 0 Å². The fraction of sp³-hybridized carbons (Fsp3) is 0.0476. The van der Waals surface area contributed by atoms with Crippen molar-refractivity contribution in [2.24, 2.45) is 0 Å². The minimum absolute atomic E-state index is 0.454. The van der Waals surface area contributed by atoms with Gasteiger partial charge in [0.05, 0.1) is 4.47 Å². The molecule has 1 aromatic heterocycles. The molecule has 1 heterocycles. The maximum absolute atomic E-state index is 5.87. The molecule has 0 fully saturated rings. The summed E-state index contributed by atoms with van der Waals surface area (Å²) >= 11 is 3.49. The van der Waals surface area contributed by atoms with Crippen LogP contribution in [0.15, 0.2) is 87.8 Å². The number of aromatic nitrogens is 2. The SMILES string of the molecule is Brc1ccccc1OCc1cccc(-c2nnc(-c3ccccc3)o2)c1. The van der Waals surface area contributed by atoms with Gasteiger partial charge in [0.2, 0.25) is 11.8 Å². The zero-order valence-electron chi connectivity index (χ0n) is 13.8. The number of halogens is 1. The highest BCUT2D eigenvalue weighted by Crippen LogP contribution is 2.27. The van der Waals surface area contributed by atoms with Crippen molar-refractivity contribution in [1.82, 2.24) is 10.2 Å². The molecule has 0 aliphatic heterocycles. The van der Waals surface area contributed by atoms with E-state index >= 15 is 0 Å². The summed E-state index contributed by atoms with van der Waals surface area (Å²) < 4.78 is 12.6. The molecule has 3 aromatic carbocycles. The van der Waals surface area contributed by atoms with Crippen LogP contribution >= 0.6 is 15.9 Å². The monoisotopic (exact) mass is 406 g/mol. The number of hydrogen-bond acceptors (Lipinski definition) is 4. The first kappa shape index (κ1) is 16.5. The normalized spacial score (nSPS) is 10.7. The zero-order chi connectivity index (χ0) is 17.8. The Bertz CT molecular complexity index is 1020. The van der Waals surface area contributed by atoms with E-state index < -0.39 is 0 Å². The van der Waals surface area contributed by atoms with E-state index in [0.29, 0.717) is 18.4 Å². The second-order valence-electron chi connectivity index (χ2n) is 5.70. The van der Waals surface area contributed by atoms with Crippen LogP contribution in [0.4, 0.5) is 0 Å². The lowest BCUT2D eigenvalue weighted by Crippen LogP contribution is -1.96. The van der Waals surface area contributed by atoms with E-state index in [2.05, 4.69) is 26.1 Å². The molecule has 0 radical (unpaired) electrons. The van der Waals surface area contributed by atoms with Crippen LogP contribution in [0.2, 0.25) is 0 Å². The Balaban J connectivity index is 1.53. The number of hydrogen-bond donors (Lipinski definition) is 0. The Morgan fingerprint density at radius 3 is 2.27 bits per heavy atom. The zero-order valence-corrected chi connectivity index (χ0v) is 15.4. The van der Waals surface area contributed by atoms with Crippen LogP contribution in [-0.2, 0) is 6.61 Å². The smallest absolute Gasteiger partial charge is 0.248 e. The maximum atomic E-state index is 5.87. The number of rotatable bonds is 5. The van der Waals surface area contributed by atoms with Gasteiger partial charge in [0.15, 0.2) is 0 Å². The summed E-state index contributed by atoms with van der Waals surface area (Å²) in [7, 11) is 0. The molecule has 0 saturated carbocycles. The molecule has 4 rings (SSSR count). The van der Waals surface area contributed by atoms with Crippen molar-refractivity contribution in [1.29, 1.82) is 0 Å². The predicted octanol–water partition coefficient (Wildman–Crippen LogP) is 5.75. The second kappa shape index (κ2) is 7.54. The van der Waals surface area contributed by atoms with Crippen LogP contribution in [0.25, 0.3) is 22.9 Å². The standard InChI is InChI=1S/C21H15BrN2O2/c22-18-11-4-5-12-19(18)25-14-15-7-6-10-17(13-15)21-24-23-20(26-21)16-8-2-1-3-9-16/h1-13H,14H2. The van der Waals surface area contributed by atoms with E-state index in [9.17, 15) is 0 Å². The highest BCUT2D eigenvalue weighted by atomic mass is 79.9. The molecular formula is C21H15BrN2O2. The van der Waals surface area contributed by atoms with Gasteiger partial charge in [-0.05, 0) is 57.9 Å². The molecule has 0 aliphatic carbocycles. The van der Waals surface area contributed by atoms with Crippen LogP contribution in [0.3, 0.4) is 0 Å². The quantitative estimate of drug-likeness (QED) is 0.423. The van der Waals surface area contributed by atoms with Gasteiger partial charge >= 0.3 is 0 Å². The lowest BCUT2D eigenvalue weighted by molar-refractivity contribution is 0.304. The third kappa shape index (κ3) is 3.68. The molecule has 4 aromatic rings. The van der Waals surface area contributed by atoms with Gasteiger partial charge in [-0.25, -0.2) is 0 Å². The van der Waals surface area contributed by atoms with Gasteiger partial charge in [-0.2, -0.15) is 0 Å². The van der Waals surface area contributed by atoms with Crippen molar-refractivity contribution < 1.29 is 9.15 Å². The lowest BCUT2D eigenvalue weighted by Gasteiger charge is -2.08. The second-order valence-corrected chi connectivity index (χ2v) is 6.55. The van der Waals surface area contributed by atoms with E-state index in [1.54, 1.807) is 0 Å². The largest absolute Gasteiger partial charge is 0.488 e. The van der Waals surface area contributed by atoms with Crippen LogP contribution in [0.5, 0.6) is 5.75 Å². The Morgan fingerprint density at radius 2 is 1.46 bits per heavy atom. The van der Waals surface area contributed by atoms with Gasteiger partial charge in [0, 0.05) is 11.1 Å². The van der Waals surface area contributed by atoms with E-state index in [-0.39, 0.29) is 0 Å². The van der Waals surface area contributed by atoms with Gasteiger partial charge in [-0.3, -0.25) is 0 Å². The Labute approximate surface area is 159 Å².